The van der Waals surface area contributed by atoms with Crippen molar-refractivity contribution in [3.8, 4) is 5.75 Å². The molecule has 0 aromatic heterocycles. The Labute approximate surface area is 117 Å². The monoisotopic (exact) mass is 261 g/mol. The van der Waals surface area contributed by atoms with E-state index in [2.05, 4.69) is 50.4 Å². The molecular weight excluding hydrogens is 234 g/mol. The normalized spacial score (nSPS) is 26.9. The Kier molecular flexibility index (Phi) is 4.51. The maximum absolute atomic E-state index is 5.27. The Hall–Kier alpha value is -1.02. The first-order valence-electron chi connectivity index (χ1n) is 7.46. The van der Waals surface area contributed by atoms with Crippen LogP contribution in [0.2, 0.25) is 0 Å². The molecule has 0 radical (unpaired) electrons. The van der Waals surface area contributed by atoms with Crippen LogP contribution in [-0.4, -0.2) is 19.7 Å². The van der Waals surface area contributed by atoms with Crippen LogP contribution in [-0.2, 0) is 5.41 Å². The molecule has 1 aliphatic carbocycles. The van der Waals surface area contributed by atoms with Crippen molar-refractivity contribution in [2.45, 2.75) is 51.5 Å². The Balaban J connectivity index is 2.25. The number of rotatable bonds is 5. The predicted octanol–water partition coefficient (Wildman–Crippen LogP) is 3.75. The van der Waals surface area contributed by atoms with Gasteiger partial charge in [0.05, 0.1) is 7.11 Å². The lowest BCUT2D eigenvalue weighted by Gasteiger charge is -2.36. The summed E-state index contributed by atoms with van der Waals surface area (Å²) in [6.45, 7) is 7.93. The molecule has 2 unspecified atom stereocenters. The lowest BCUT2D eigenvalue weighted by atomic mass is 9.72. The molecule has 1 aromatic rings. The Morgan fingerprint density at radius 1 is 1.32 bits per heavy atom. The average molecular weight is 261 g/mol. The molecule has 0 spiro atoms. The summed E-state index contributed by atoms with van der Waals surface area (Å²) >= 11 is 0. The van der Waals surface area contributed by atoms with Gasteiger partial charge in [-0.25, -0.2) is 0 Å². The van der Waals surface area contributed by atoms with Crippen LogP contribution >= 0.6 is 0 Å². The summed E-state index contributed by atoms with van der Waals surface area (Å²) in [5.41, 5.74) is 1.77. The Morgan fingerprint density at radius 3 is 2.47 bits per heavy atom. The molecule has 0 aliphatic heterocycles. The molecule has 1 N–H and O–H groups in total. The summed E-state index contributed by atoms with van der Waals surface area (Å²) < 4.78 is 5.27. The van der Waals surface area contributed by atoms with E-state index in [1.807, 2.05) is 0 Å². The van der Waals surface area contributed by atoms with Crippen LogP contribution in [0.1, 0.15) is 45.6 Å². The molecule has 1 fully saturated rings. The molecule has 2 heteroatoms. The van der Waals surface area contributed by atoms with Crippen molar-refractivity contribution in [3.05, 3.63) is 29.8 Å². The summed E-state index contributed by atoms with van der Waals surface area (Å²) in [7, 11) is 1.73. The third-order valence-electron chi connectivity index (χ3n) is 4.69. The molecule has 0 amide bonds. The van der Waals surface area contributed by atoms with Gasteiger partial charge in [-0.3, -0.25) is 0 Å². The van der Waals surface area contributed by atoms with Gasteiger partial charge in [0.25, 0.3) is 0 Å². The largest absolute Gasteiger partial charge is 0.497 e. The molecular formula is C17H27NO. The second kappa shape index (κ2) is 5.96. The van der Waals surface area contributed by atoms with Crippen LogP contribution in [0.3, 0.4) is 0 Å². The van der Waals surface area contributed by atoms with Gasteiger partial charge < -0.3 is 10.1 Å². The van der Waals surface area contributed by atoms with E-state index < -0.39 is 0 Å². The van der Waals surface area contributed by atoms with Crippen molar-refractivity contribution in [2.75, 3.05) is 13.7 Å². The van der Waals surface area contributed by atoms with E-state index in [1.165, 1.54) is 24.8 Å². The fourth-order valence-electron chi connectivity index (χ4n) is 3.35. The SMILES string of the molecule is COc1ccc(C2(CNC(C)C)CCCC2C)cc1. The van der Waals surface area contributed by atoms with Crippen LogP contribution < -0.4 is 10.1 Å². The van der Waals surface area contributed by atoms with Crippen molar-refractivity contribution in [1.29, 1.82) is 0 Å². The summed E-state index contributed by atoms with van der Waals surface area (Å²) in [6.07, 6.45) is 3.97. The molecule has 19 heavy (non-hydrogen) atoms. The lowest BCUT2D eigenvalue weighted by molar-refractivity contribution is 0.307. The number of ether oxygens (including phenoxy) is 1. The fraction of sp³-hybridized carbons (Fsp3) is 0.647. The number of benzene rings is 1. The van der Waals surface area contributed by atoms with E-state index in [9.17, 15) is 0 Å². The molecule has 0 saturated heterocycles. The molecule has 2 nitrogen and oxygen atoms in total. The molecule has 106 valence electrons. The molecule has 1 saturated carbocycles. The van der Waals surface area contributed by atoms with Crippen molar-refractivity contribution in [1.82, 2.24) is 5.32 Å². The zero-order valence-electron chi connectivity index (χ0n) is 12.7. The van der Waals surface area contributed by atoms with Gasteiger partial charge in [0.2, 0.25) is 0 Å². The minimum Gasteiger partial charge on any atom is -0.497 e. The third kappa shape index (κ3) is 2.94. The van der Waals surface area contributed by atoms with Gasteiger partial charge in [-0.2, -0.15) is 0 Å². The first-order chi connectivity index (χ1) is 9.08. The first kappa shape index (κ1) is 14.4. The van der Waals surface area contributed by atoms with Gasteiger partial charge in [0, 0.05) is 18.0 Å². The Bertz CT molecular complexity index is 398. The smallest absolute Gasteiger partial charge is 0.118 e. The van der Waals surface area contributed by atoms with Gasteiger partial charge in [0.1, 0.15) is 5.75 Å². The third-order valence-corrected chi connectivity index (χ3v) is 4.69. The topological polar surface area (TPSA) is 21.3 Å². The summed E-state index contributed by atoms with van der Waals surface area (Å²) in [4.78, 5) is 0. The quantitative estimate of drug-likeness (QED) is 0.871. The highest BCUT2D eigenvalue weighted by Crippen LogP contribution is 2.45. The predicted molar refractivity (Wildman–Crippen MR) is 80.8 cm³/mol. The van der Waals surface area contributed by atoms with E-state index >= 15 is 0 Å². The second-order valence-electron chi connectivity index (χ2n) is 6.21. The maximum atomic E-state index is 5.27. The van der Waals surface area contributed by atoms with Crippen LogP contribution in [0.25, 0.3) is 0 Å². The summed E-state index contributed by atoms with van der Waals surface area (Å²) in [6, 6.07) is 9.24. The molecule has 0 heterocycles. The number of hydrogen-bond acceptors (Lipinski definition) is 2. The molecule has 2 atom stereocenters. The van der Waals surface area contributed by atoms with Crippen molar-refractivity contribution >= 4 is 0 Å². The number of hydrogen-bond donors (Lipinski definition) is 1. The molecule has 1 aromatic carbocycles. The van der Waals surface area contributed by atoms with E-state index in [1.54, 1.807) is 7.11 Å². The fourth-order valence-corrected chi connectivity index (χ4v) is 3.35. The van der Waals surface area contributed by atoms with E-state index in [0.717, 1.165) is 18.2 Å². The van der Waals surface area contributed by atoms with Crippen molar-refractivity contribution in [2.24, 2.45) is 5.92 Å². The van der Waals surface area contributed by atoms with Gasteiger partial charge in [0.15, 0.2) is 0 Å². The van der Waals surface area contributed by atoms with Gasteiger partial charge >= 0.3 is 0 Å². The molecule has 0 bridgehead atoms. The minimum atomic E-state index is 0.302. The van der Waals surface area contributed by atoms with Crippen LogP contribution in [0.5, 0.6) is 5.75 Å². The number of nitrogens with one attached hydrogen (secondary N) is 1. The van der Waals surface area contributed by atoms with Gasteiger partial charge in [-0.05, 0) is 36.5 Å². The highest BCUT2D eigenvalue weighted by Gasteiger charge is 2.41. The van der Waals surface area contributed by atoms with Crippen LogP contribution in [0.4, 0.5) is 0 Å². The van der Waals surface area contributed by atoms with E-state index in [0.29, 0.717) is 11.5 Å². The first-order valence-corrected chi connectivity index (χ1v) is 7.46. The van der Waals surface area contributed by atoms with Gasteiger partial charge in [-0.1, -0.05) is 39.3 Å². The summed E-state index contributed by atoms with van der Waals surface area (Å²) in [5.74, 6) is 1.69. The zero-order chi connectivity index (χ0) is 13.9. The molecule has 1 aliphatic rings. The van der Waals surface area contributed by atoms with Gasteiger partial charge in [-0.15, -0.1) is 0 Å². The van der Waals surface area contributed by atoms with Crippen LogP contribution in [0, 0.1) is 5.92 Å². The standard InChI is InChI=1S/C17H27NO/c1-13(2)18-12-17(11-5-6-14(17)3)15-7-9-16(19-4)10-8-15/h7-10,13-14,18H,5-6,11-12H2,1-4H3. The van der Waals surface area contributed by atoms with Crippen molar-refractivity contribution < 1.29 is 4.74 Å². The highest BCUT2D eigenvalue weighted by atomic mass is 16.5. The van der Waals surface area contributed by atoms with Crippen molar-refractivity contribution in [3.63, 3.8) is 0 Å². The zero-order valence-corrected chi connectivity index (χ0v) is 12.7. The van der Waals surface area contributed by atoms with Crippen LogP contribution in [0.15, 0.2) is 24.3 Å². The lowest BCUT2D eigenvalue weighted by Crippen LogP contribution is -2.42. The maximum Gasteiger partial charge on any atom is 0.118 e. The minimum absolute atomic E-state index is 0.302. The Morgan fingerprint density at radius 2 is 2.00 bits per heavy atom. The number of methoxy groups -OCH3 is 1. The average Bonchev–Trinajstić information content (AvgIpc) is 2.79. The second-order valence-corrected chi connectivity index (χ2v) is 6.21. The van der Waals surface area contributed by atoms with E-state index in [-0.39, 0.29) is 0 Å². The molecule has 2 rings (SSSR count). The van der Waals surface area contributed by atoms with E-state index in [4.69, 9.17) is 4.74 Å². The summed E-state index contributed by atoms with van der Waals surface area (Å²) in [5, 5.41) is 3.65. The highest BCUT2D eigenvalue weighted by molar-refractivity contribution is 5.34.